The molecule has 1 aliphatic rings. The van der Waals surface area contributed by atoms with E-state index in [-0.39, 0.29) is 5.91 Å². The number of aromatic nitrogens is 4. The molecule has 0 saturated carbocycles. The van der Waals surface area contributed by atoms with Gasteiger partial charge in [0.25, 0.3) is 0 Å². The van der Waals surface area contributed by atoms with E-state index >= 15 is 0 Å². The van der Waals surface area contributed by atoms with E-state index in [1.54, 1.807) is 6.20 Å². The Morgan fingerprint density at radius 1 is 1.36 bits per heavy atom. The zero-order valence-electron chi connectivity index (χ0n) is 15.0. The maximum absolute atomic E-state index is 12.1. The Hall–Kier alpha value is -2.28. The molecule has 3 heterocycles. The van der Waals surface area contributed by atoms with Crippen LogP contribution < -0.4 is 10.6 Å². The zero-order valence-corrected chi connectivity index (χ0v) is 15.0. The number of imidazole rings is 1. The minimum Gasteiger partial charge on any atom is -0.349 e. The van der Waals surface area contributed by atoms with Gasteiger partial charge in [0.05, 0.1) is 6.54 Å². The molecule has 3 rings (SSSR count). The number of hydrogen-bond acceptors (Lipinski definition) is 5. The van der Waals surface area contributed by atoms with Gasteiger partial charge in [-0.15, -0.1) is 0 Å². The van der Waals surface area contributed by atoms with Gasteiger partial charge in [-0.1, -0.05) is 0 Å². The molecule has 7 heteroatoms. The lowest BCUT2D eigenvalue weighted by atomic mass is 9.93. The van der Waals surface area contributed by atoms with E-state index in [0.717, 1.165) is 49.0 Å². The summed E-state index contributed by atoms with van der Waals surface area (Å²) in [4.78, 5) is 25.4. The number of carbonyl (C=O) groups is 1. The molecule has 0 unspecified atom stereocenters. The molecular formula is C18H26N6O. The highest BCUT2D eigenvalue weighted by Crippen LogP contribution is 2.24. The monoisotopic (exact) mass is 342 g/mol. The quantitative estimate of drug-likeness (QED) is 0.825. The molecule has 1 amide bonds. The number of hydrogen-bond donors (Lipinski definition) is 2. The molecule has 2 N–H and O–H groups in total. The largest absolute Gasteiger partial charge is 0.349 e. The van der Waals surface area contributed by atoms with Gasteiger partial charge in [0, 0.05) is 43.2 Å². The predicted molar refractivity (Wildman–Crippen MR) is 95.0 cm³/mol. The van der Waals surface area contributed by atoms with Gasteiger partial charge in [-0.05, 0) is 45.3 Å². The molecule has 0 aromatic carbocycles. The molecule has 0 radical (unpaired) electrons. The highest BCUT2D eigenvalue weighted by Gasteiger charge is 2.18. The van der Waals surface area contributed by atoms with E-state index in [4.69, 9.17) is 0 Å². The molecule has 0 atom stereocenters. The maximum Gasteiger partial charge on any atom is 0.220 e. The van der Waals surface area contributed by atoms with Gasteiger partial charge < -0.3 is 15.2 Å². The van der Waals surface area contributed by atoms with Crippen molar-refractivity contribution in [2.75, 3.05) is 13.1 Å². The second kappa shape index (κ2) is 8.20. The first-order chi connectivity index (χ1) is 12.1. The van der Waals surface area contributed by atoms with Gasteiger partial charge in [0.2, 0.25) is 5.91 Å². The second-order valence-corrected chi connectivity index (χ2v) is 6.59. The molecular weight excluding hydrogens is 316 g/mol. The van der Waals surface area contributed by atoms with Gasteiger partial charge in [-0.2, -0.15) is 0 Å². The lowest BCUT2D eigenvalue weighted by Gasteiger charge is -2.22. The number of nitrogens with one attached hydrogen (secondary N) is 2. The van der Waals surface area contributed by atoms with Crippen LogP contribution in [0.5, 0.6) is 0 Å². The molecule has 25 heavy (non-hydrogen) atoms. The Labute approximate surface area is 148 Å². The Kier molecular flexibility index (Phi) is 5.75. The third-order valence-corrected chi connectivity index (χ3v) is 4.64. The van der Waals surface area contributed by atoms with Crippen molar-refractivity contribution in [3.8, 4) is 0 Å². The minimum atomic E-state index is 0.0164. The van der Waals surface area contributed by atoms with Crippen LogP contribution in [0.1, 0.15) is 48.2 Å². The van der Waals surface area contributed by atoms with Crippen molar-refractivity contribution >= 4 is 5.91 Å². The summed E-state index contributed by atoms with van der Waals surface area (Å²) < 4.78 is 1.90. The maximum atomic E-state index is 12.1. The summed E-state index contributed by atoms with van der Waals surface area (Å²) in [5.41, 5.74) is 2.07. The van der Waals surface area contributed by atoms with Gasteiger partial charge in [-0.3, -0.25) is 4.79 Å². The average Bonchev–Trinajstić information content (AvgIpc) is 3.03. The van der Waals surface area contributed by atoms with Crippen molar-refractivity contribution in [1.29, 1.82) is 0 Å². The summed E-state index contributed by atoms with van der Waals surface area (Å²) in [5, 5.41) is 6.29. The minimum absolute atomic E-state index is 0.0164. The Balaban J connectivity index is 1.54. The van der Waals surface area contributed by atoms with Crippen molar-refractivity contribution in [3.63, 3.8) is 0 Å². The normalized spacial score (nSPS) is 15.3. The number of nitrogens with zero attached hydrogens (tertiary/aromatic N) is 4. The van der Waals surface area contributed by atoms with Crippen LogP contribution in [-0.4, -0.2) is 38.5 Å². The van der Waals surface area contributed by atoms with Crippen molar-refractivity contribution < 1.29 is 4.79 Å². The fraction of sp³-hybridized carbons (Fsp3) is 0.556. The first kappa shape index (κ1) is 17.5. The van der Waals surface area contributed by atoms with Crippen LogP contribution in [0.2, 0.25) is 0 Å². The van der Waals surface area contributed by atoms with Crippen LogP contribution >= 0.6 is 0 Å². The molecule has 1 saturated heterocycles. The molecule has 7 nitrogen and oxygen atoms in total. The SMILES string of the molecule is Cc1nc(CCC(=O)NCc2nccn2C)cc(C2CCNCC2)n1. The van der Waals surface area contributed by atoms with Crippen molar-refractivity contribution in [3.05, 3.63) is 41.5 Å². The molecule has 2 aromatic heterocycles. The summed E-state index contributed by atoms with van der Waals surface area (Å²) >= 11 is 0. The summed E-state index contributed by atoms with van der Waals surface area (Å²) in [6.07, 6.45) is 6.88. The second-order valence-electron chi connectivity index (χ2n) is 6.59. The summed E-state index contributed by atoms with van der Waals surface area (Å²) in [5.74, 6) is 2.15. The highest BCUT2D eigenvalue weighted by atomic mass is 16.1. The fourth-order valence-corrected chi connectivity index (χ4v) is 3.18. The number of amides is 1. The van der Waals surface area contributed by atoms with E-state index in [0.29, 0.717) is 25.3 Å². The lowest BCUT2D eigenvalue weighted by molar-refractivity contribution is -0.121. The Bertz CT molecular complexity index is 720. The summed E-state index contributed by atoms with van der Waals surface area (Å²) in [6, 6.07) is 2.08. The molecule has 0 aliphatic carbocycles. The van der Waals surface area contributed by atoms with E-state index < -0.39 is 0 Å². The summed E-state index contributed by atoms with van der Waals surface area (Å²) in [6.45, 7) is 4.46. The Morgan fingerprint density at radius 3 is 2.88 bits per heavy atom. The first-order valence-electron chi connectivity index (χ1n) is 8.90. The van der Waals surface area contributed by atoms with E-state index in [1.165, 1.54) is 0 Å². The van der Waals surface area contributed by atoms with Crippen LogP contribution in [0.15, 0.2) is 18.5 Å². The third kappa shape index (κ3) is 4.85. The van der Waals surface area contributed by atoms with E-state index in [1.807, 2.05) is 24.7 Å². The molecule has 2 aromatic rings. The van der Waals surface area contributed by atoms with Crippen molar-refractivity contribution in [2.45, 2.75) is 45.1 Å². The molecule has 0 bridgehead atoms. The van der Waals surface area contributed by atoms with Crippen molar-refractivity contribution in [2.24, 2.45) is 7.05 Å². The molecule has 1 fully saturated rings. The number of piperidine rings is 1. The van der Waals surface area contributed by atoms with E-state index in [2.05, 4.69) is 31.7 Å². The van der Waals surface area contributed by atoms with Gasteiger partial charge in [-0.25, -0.2) is 15.0 Å². The number of carbonyl (C=O) groups excluding carboxylic acids is 1. The number of rotatable bonds is 6. The zero-order chi connectivity index (χ0) is 17.6. The molecule has 134 valence electrons. The average molecular weight is 342 g/mol. The van der Waals surface area contributed by atoms with Gasteiger partial charge >= 0.3 is 0 Å². The fourth-order valence-electron chi connectivity index (χ4n) is 3.18. The smallest absolute Gasteiger partial charge is 0.220 e. The van der Waals surface area contributed by atoms with Gasteiger partial charge in [0.15, 0.2) is 0 Å². The van der Waals surface area contributed by atoms with Gasteiger partial charge in [0.1, 0.15) is 11.6 Å². The number of aryl methyl sites for hydroxylation is 3. The third-order valence-electron chi connectivity index (χ3n) is 4.64. The summed E-state index contributed by atoms with van der Waals surface area (Å²) in [7, 11) is 1.92. The predicted octanol–water partition coefficient (Wildman–Crippen LogP) is 1.23. The van der Waals surface area contributed by atoms with Crippen molar-refractivity contribution in [1.82, 2.24) is 30.2 Å². The van der Waals surface area contributed by atoms with Crippen LogP contribution in [0.25, 0.3) is 0 Å². The first-order valence-corrected chi connectivity index (χ1v) is 8.90. The standard InChI is InChI=1S/C18H26N6O/c1-13-22-15(11-16(23-13)14-5-7-19-8-6-14)3-4-18(25)21-12-17-20-9-10-24(17)2/h9-11,14,19H,3-8,12H2,1-2H3,(H,21,25). The van der Waals surface area contributed by atoms with Crippen LogP contribution in [-0.2, 0) is 24.8 Å². The lowest BCUT2D eigenvalue weighted by Crippen LogP contribution is -2.27. The van der Waals surface area contributed by atoms with Crippen LogP contribution in [0.3, 0.4) is 0 Å². The molecule has 1 aliphatic heterocycles. The van der Waals surface area contributed by atoms with E-state index in [9.17, 15) is 4.79 Å². The van der Waals surface area contributed by atoms with Crippen LogP contribution in [0, 0.1) is 6.92 Å². The molecule has 0 spiro atoms. The Morgan fingerprint density at radius 2 is 2.16 bits per heavy atom. The topological polar surface area (TPSA) is 84.7 Å². The van der Waals surface area contributed by atoms with Crippen LogP contribution in [0.4, 0.5) is 0 Å². The highest BCUT2D eigenvalue weighted by molar-refractivity contribution is 5.76.